The second-order valence-electron chi connectivity index (χ2n) is 3.96. The number of hydrogen-bond acceptors (Lipinski definition) is 1. The van der Waals surface area contributed by atoms with Crippen molar-refractivity contribution in [3.8, 4) is 17.6 Å². The summed E-state index contributed by atoms with van der Waals surface area (Å²) in [6.07, 6.45) is 2.31. The highest BCUT2D eigenvalue weighted by Crippen LogP contribution is 2.15. The normalized spacial score (nSPS) is 9.88. The molecule has 0 spiro atoms. The monoisotopic (exact) mass is 250 g/mol. The summed E-state index contributed by atoms with van der Waals surface area (Å²) in [6.45, 7) is 5.17. The van der Waals surface area contributed by atoms with Crippen LogP contribution in [0.3, 0.4) is 0 Å². The van der Waals surface area contributed by atoms with Gasteiger partial charge in [-0.2, -0.15) is 0 Å². The lowest BCUT2D eigenvalue weighted by Gasteiger charge is -2.13. The van der Waals surface area contributed by atoms with Gasteiger partial charge in [0.2, 0.25) is 0 Å². The van der Waals surface area contributed by atoms with Gasteiger partial charge in [-0.25, -0.2) is 0 Å². The molecule has 0 unspecified atom stereocenters. The van der Waals surface area contributed by atoms with Crippen LogP contribution in [0.1, 0.15) is 32.3 Å². The van der Waals surface area contributed by atoms with Crippen molar-refractivity contribution in [3.63, 3.8) is 0 Å². The Kier molecular flexibility index (Phi) is 6.58. The van der Waals surface area contributed by atoms with Gasteiger partial charge in [0.15, 0.2) is 0 Å². The summed E-state index contributed by atoms with van der Waals surface area (Å²) in [7, 11) is 0. The molecule has 0 saturated carbocycles. The van der Waals surface area contributed by atoms with Gasteiger partial charge in [0.05, 0.1) is 12.5 Å². The third-order valence-corrected chi connectivity index (χ3v) is 2.91. The van der Waals surface area contributed by atoms with Crippen LogP contribution in [0.5, 0.6) is 5.75 Å². The lowest BCUT2D eigenvalue weighted by molar-refractivity contribution is 0.240. The second kappa shape index (κ2) is 8.03. The van der Waals surface area contributed by atoms with Crippen molar-refractivity contribution in [1.82, 2.24) is 0 Å². The molecule has 0 amide bonds. The first-order chi connectivity index (χ1) is 8.30. The first-order valence-electron chi connectivity index (χ1n) is 6.07. The van der Waals surface area contributed by atoms with Gasteiger partial charge >= 0.3 is 0 Å². The molecule has 17 heavy (non-hydrogen) atoms. The second-order valence-corrected chi connectivity index (χ2v) is 4.22. The van der Waals surface area contributed by atoms with Crippen LogP contribution < -0.4 is 4.74 Å². The van der Waals surface area contributed by atoms with Gasteiger partial charge in [0, 0.05) is 5.56 Å². The van der Waals surface area contributed by atoms with Gasteiger partial charge in [0.1, 0.15) is 5.75 Å². The van der Waals surface area contributed by atoms with E-state index in [0.717, 1.165) is 30.8 Å². The van der Waals surface area contributed by atoms with E-state index in [1.807, 2.05) is 24.3 Å². The lowest BCUT2D eigenvalue weighted by atomic mass is 10.1. The standard InChI is InChI=1S/C15H19ClO/c1-3-13(4-2)12-17-15-9-5-7-14(11-15)8-6-10-16/h5,7,9,11,13H,3-4,10,12H2,1-2H3. The van der Waals surface area contributed by atoms with Crippen molar-refractivity contribution < 1.29 is 4.74 Å². The van der Waals surface area contributed by atoms with Gasteiger partial charge in [-0.3, -0.25) is 0 Å². The van der Waals surface area contributed by atoms with Gasteiger partial charge in [-0.1, -0.05) is 44.6 Å². The molecule has 92 valence electrons. The van der Waals surface area contributed by atoms with Crippen molar-refractivity contribution in [2.45, 2.75) is 26.7 Å². The lowest BCUT2D eigenvalue weighted by Crippen LogP contribution is -2.10. The summed E-state index contributed by atoms with van der Waals surface area (Å²) in [6, 6.07) is 7.85. The number of alkyl halides is 1. The Hall–Kier alpha value is -1.13. The van der Waals surface area contributed by atoms with E-state index in [0.29, 0.717) is 11.8 Å². The van der Waals surface area contributed by atoms with Crippen molar-refractivity contribution in [3.05, 3.63) is 29.8 Å². The van der Waals surface area contributed by atoms with Crippen molar-refractivity contribution in [2.24, 2.45) is 5.92 Å². The van der Waals surface area contributed by atoms with Crippen LogP contribution in [0.25, 0.3) is 0 Å². The number of halogens is 1. The molecule has 2 heteroatoms. The van der Waals surface area contributed by atoms with E-state index in [1.54, 1.807) is 0 Å². The molecule has 0 saturated heterocycles. The minimum Gasteiger partial charge on any atom is -0.493 e. The summed E-state index contributed by atoms with van der Waals surface area (Å²) < 4.78 is 5.77. The van der Waals surface area contributed by atoms with E-state index < -0.39 is 0 Å². The van der Waals surface area contributed by atoms with Crippen molar-refractivity contribution in [2.75, 3.05) is 12.5 Å². The molecule has 0 radical (unpaired) electrons. The van der Waals surface area contributed by atoms with E-state index in [4.69, 9.17) is 16.3 Å². The zero-order valence-electron chi connectivity index (χ0n) is 10.5. The van der Waals surface area contributed by atoms with Crippen molar-refractivity contribution >= 4 is 11.6 Å². The Balaban J connectivity index is 2.59. The first kappa shape index (κ1) is 13.9. The largest absolute Gasteiger partial charge is 0.493 e. The Morgan fingerprint density at radius 3 is 2.71 bits per heavy atom. The van der Waals surface area contributed by atoms with Gasteiger partial charge in [-0.15, -0.1) is 11.6 Å². The molecule has 0 heterocycles. The van der Waals surface area contributed by atoms with Crippen molar-refractivity contribution in [1.29, 1.82) is 0 Å². The van der Waals surface area contributed by atoms with Gasteiger partial charge in [-0.05, 0) is 24.1 Å². The van der Waals surface area contributed by atoms with Crippen LogP contribution in [0.4, 0.5) is 0 Å². The fourth-order valence-electron chi connectivity index (χ4n) is 1.54. The maximum Gasteiger partial charge on any atom is 0.120 e. The molecule has 1 nitrogen and oxygen atoms in total. The quantitative estimate of drug-likeness (QED) is 0.565. The molecule has 0 bridgehead atoms. The zero-order valence-corrected chi connectivity index (χ0v) is 11.3. The SMILES string of the molecule is CCC(CC)COc1cccc(C#CCCl)c1. The molecule has 0 aromatic heterocycles. The Bertz CT molecular complexity index is 385. The fraction of sp³-hybridized carbons (Fsp3) is 0.467. The third-order valence-electron chi connectivity index (χ3n) is 2.77. The van der Waals surface area contributed by atoms with Gasteiger partial charge in [0.25, 0.3) is 0 Å². The smallest absolute Gasteiger partial charge is 0.120 e. The van der Waals surface area contributed by atoms with E-state index in [1.165, 1.54) is 0 Å². The minimum atomic E-state index is 0.360. The molecule has 1 aromatic rings. The molecule has 0 aliphatic carbocycles. The molecule has 0 aliphatic rings. The fourth-order valence-corrected chi connectivity index (χ4v) is 1.60. The maximum absolute atomic E-state index is 5.77. The van der Waals surface area contributed by atoms with Crippen LogP contribution >= 0.6 is 11.6 Å². The molecular formula is C15H19ClO. The molecule has 1 aromatic carbocycles. The summed E-state index contributed by atoms with van der Waals surface area (Å²) in [5.41, 5.74) is 0.952. The predicted molar refractivity (Wildman–Crippen MR) is 73.6 cm³/mol. The van der Waals surface area contributed by atoms with Gasteiger partial charge < -0.3 is 4.74 Å². The zero-order chi connectivity index (χ0) is 12.5. The topological polar surface area (TPSA) is 9.23 Å². The highest BCUT2D eigenvalue weighted by molar-refractivity contribution is 6.19. The average molecular weight is 251 g/mol. The number of ether oxygens (including phenoxy) is 1. The first-order valence-corrected chi connectivity index (χ1v) is 6.61. The number of benzene rings is 1. The molecular weight excluding hydrogens is 232 g/mol. The van der Waals surface area contributed by atoms with Crippen LogP contribution in [0.15, 0.2) is 24.3 Å². The van der Waals surface area contributed by atoms with E-state index in [9.17, 15) is 0 Å². The summed E-state index contributed by atoms with van der Waals surface area (Å²) in [5.74, 6) is 7.71. The maximum atomic E-state index is 5.77. The Labute approximate surface area is 109 Å². The number of rotatable bonds is 5. The molecule has 0 N–H and O–H groups in total. The number of hydrogen-bond donors (Lipinski definition) is 0. The molecule has 1 rings (SSSR count). The summed E-state index contributed by atoms with van der Waals surface area (Å²) in [4.78, 5) is 0. The Morgan fingerprint density at radius 2 is 2.06 bits per heavy atom. The third kappa shape index (κ3) is 5.15. The van der Waals surface area contributed by atoms with E-state index in [-0.39, 0.29) is 0 Å². The van der Waals surface area contributed by atoms with E-state index >= 15 is 0 Å². The molecule has 0 aliphatic heterocycles. The summed E-state index contributed by atoms with van der Waals surface area (Å²) >= 11 is 5.53. The minimum absolute atomic E-state index is 0.360. The highest BCUT2D eigenvalue weighted by Gasteiger charge is 2.04. The van der Waals surface area contributed by atoms with Crippen LogP contribution in [-0.2, 0) is 0 Å². The average Bonchev–Trinajstić information content (AvgIpc) is 2.38. The highest BCUT2D eigenvalue weighted by atomic mass is 35.5. The van der Waals surface area contributed by atoms with Crippen LogP contribution in [0.2, 0.25) is 0 Å². The molecule has 0 atom stereocenters. The van der Waals surface area contributed by atoms with Crippen LogP contribution in [0, 0.1) is 17.8 Å². The Morgan fingerprint density at radius 1 is 1.29 bits per heavy atom. The van der Waals surface area contributed by atoms with E-state index in [2.05, 4.69) is 25.7 Å². The van der Waals surface area contributed by atoms with Crippen LogP contribution in [-0.4, -0.2) is 12.5 Å². The predicted octanol–water partition coefficient (Wildman–Crippen LogP) is 4.09. The molecule has 0 fully saturated rings. The summed E-state index contributed by atoms with van der Waals surface area (Å²) in [5, 5.41) is 0.